The second kappa shape index (κ2) is 3.18. The number of carbonyl (C=O) groups is 1. The number of urea groups is 1. The molecule has 3 aliphatic rings. The van der Waals surface area contributed by atoms with Gasteiger partial charge in [0.25, 0.3) is 0 Å². The maximum Gasteiger partial charge on any atom is 0.315 e. The number of nitrogens with one attached hydrogen (secondary N) is 3. The highest BCUT2D eigenvalue weighted by molar-refractivity contribution is 5.74. The molecule has 0 spiro atoms. The first kappa shape index (κ1) is 8.81. The Morgan fingerprint density at radius 3 is 2.77 bits per heavy atom. The molecule has 2 saturated heterocycles. The second-order valence-electron chi connectivity index (χ2n) is 4.31. The molecule has 3 unspecified atom stereocenters. The Hall–Kier alpha value is -0.770. The molecule has 2 aliphatic heterocycles. The molecule has 74 valence electrons. The first-order valence-electron chi connectivity index (χ1n) is 4.97. The Morgan fingerprint density at radius 1 is 1.54 bits per heavy atom. The molecule has 13 heavy (non-hydrogen) atoms. The van der Waals surface area contributed by atoms with Crippen molar-refractivity contribution in [2.24, 2.45) is 5.92 Å². The third-order valence-corrected chi connectivity index (χ3v) is 2.86. The van der Waals surface area contributed by atoms with Crippen molar-refractivity contribution in [2.45, 2.75) is 38.4 Å². The summed E-state index contributed by atoms with van der Waals surface area (Å²) in [5.41, 5.74) is 0. The summed E-state index contributed by atoms with van der Waals surface area (Å²) in [6, 6.07) is 1.09. The van der Waals surface area contributed by atoms with Gasteiger partial charge in [0.15, 0.2) is 0 Å². The van der Waals surface area contributed by atoms with Crippen LogP contribution >= 0.6 is 0 Å². The fraction of sp³-hybridized carbons (Fsp3) is 0.889. The number of fused-ring (bicyclic) bond motifs is 1. The fourth-order valence-electron chi connectivity index (χ4n) is 2.15. The van der Waals surface area contributed by atoms with Crippen LogP contribution in [0.3, 0.4) is 0 Å². The SMILES string of the molecule is CC(C)NC(=O)NC1C2CNC1C2. The quantitative estimate of drug-likeness (QED) is 0.567. The average molecular weight is 183 g/mol. The average Bonchev–Trinajstić information content (AvgIpc) is 2.58. The van der Waals surface area contributed by atoms with E-state index in [1.54, 1.807) is 0 Å². The smallest absolute Gasteiger partial charge is 0.315 e. The van der Waals surface area contributed by atoms with Crippen LogP contribution in [-0.4, -0.2) is 30.7 Å². The van der Waals surface area contributed by atoms with Crippen molar-refractivity contribution in [2.75, 3.05) is 6.54 Å². The summed E-state index contributed by atoms with van der Waals surface area (Å²) in [5.74, 6) is 0.669. The lowest BCUT2D eigenvalue weighted by Gasteiger charge is -2.35. The lowest BCUT2D eigenvalue weighted by atomic mass is 9.80. The van der Waals surface area contributed by atoms with Gasteiger partial charge in [-0.2, -0.15) is 0 Å². The lowest BCUT2D eigenvalue weighted by Crippen LogP contribution is -2.57. The van der Waals surface area contributed by atoms with Crippen LogP contribution in [-0.2, 0) is 0 Å². The van der Waals surface area contributed by atoms with Crippen LogP contribution in [0.2, 0.25) is 0 Å². The second-order valence-corrected chi connectivity index (χ2v) is 4.31. The Labute approximate surface area is 78.5 Å². The highest BCUT2D eigenvalue weighted by atomic mass is 16.2. The van der Waals surface area contributed by atoms with Crippen molar-refractivity contribution in [3.63, 3.8) is 0 Å². The van der Waals surface area contributed by atoms with Crippen LogP contribution in [0.1, 0.15) is 20.3 Å². The maximum atomic E-state index is 11.3. The fourth-order valence-corrected chi connectivity index (χ4v) is 2.15. The van der Waals surface area contributed by atoms with Crippen molar-refractivity contribution >= 4 is 6.03 Å². The molecule has 3 fully saturated rings. The van der Waals surface area contributed by atoms with E-state index in [2.05, 4.69) is 16.0 Å². The van der Waals surface area contributed by atoms with Gasteiger partial charge in [-0.25, -0.2) is 4.79 Å². The van der Waals surface area contributed by atoms with Crippen LogP contribution in [0, 0.1) is 5.92 Å². The minimum Gasteiger partial charge on any atom is -0.336 e. The van der Waals surface area contributed by atoms with Gasteiger partial charge in [0.1, 0.15) is 0 Å². The van der Waals surface area contributed by atoms with E-state index >= 15 is 0 Å². The molecule has 0 aromatic heterocycles. The predicted octanol–water partition coefficient (Wildman–Crippen LogP) is 0.0543. The van der Waals surface area contributed by atoms with Crippen LogP contribution in [0.5, 0.6) is 0 Å². The van der Waals surface area contributed by atoms with Gasteiger partial charge in [0.2, 0.25) is 0 Å². The largest absolute Gasteiger partial charge is 0.336 e. The van der Waals surface area contributed by atoms with Crippen LogP contribution in [0.25, 0.3) is 0 Å². The summed E-state index contributed by atoms with van der Waals surface area (Å²) in [5, 5.41) is 9.19. The third-order valence-electron chi connectivity index (χ3n) is 2.86. The molecule has 3 rings (SSSR count). The summed E-state index contributed by atoms with van der Waals surface area (Å²) >= 11 is 0. The molecule has 0 radical (unpaired) electrons. The molecule has 4 nitrogen and oxygen atoms in total. The topological polar surface area (TPSA) is 53.2 Å². The Kier molecular flexibility index (Phi) is 2.15. The van der Waals surface area contributed by atoms with Gasteiger partial charge >= 0.3 is 6.03 Å². The molecule has 1 saturated carbocycles. The molecule has 0 aromatic carbocycles. The van der Waals surface area contributed by atoms with Crippen LogP contribution < -0.4 is 16.0 Å². The first-order chi connectivity index (χ1) is 6.16. The predicted molar refractivity (Wildman–Crippen MR) is 50.5 cm³/mol. The molecule has 0 aromatic rings. The van der Waals surface area contributed by atoms with Crippen molar-refractivity contribution in [1.29, 1.82) is 0 Å². The van der Waals surface area contributed by atoms with E-state index in [0.717, 1.165) is 6.54 Å². The van der Waals surface area contributed by atoms with E-state index in [0.29, 0.717) is 18.0 Å². The van der Waals surface area contributed by atoms with Gasteiger partial charge in [0.05, 0.1) is 0 Å². The van der Waals surface area contributed by atoms with Crippen LogP contribution in [0.15, 0.2) is 0 Å². The molecular weight excluding hydrogens is 166 g/mol. The summed E-state index contributed by atoms with van der Waals surface area (Å²) in [4.78, 5) is 11.3. The highest BCUT2D eigenvalue weighted by Crippen LogP contribution is 2.33. The molecule has 2 bridgehead atoms. The number of rotatable bonds is 2. The van der Waals surface area contributed by atoms with Gasteiger partial charge in [-0.1, -0.05) is 0 Å². The molecule has 2 heterocycles. The van der Waals surface area contributed by atoms with Crippen LogP contribution in [0.4, 0.5) is 4.79 Å². The van der Waals surface area contributed by atoms with Gasteiger partial charge in [-0.15, -0.1) is 0 Å². The number of hydrogen-bond acceptors (Lipinski definition) is 2. The molecule has 2 amide bonds. The lowest BCUT2D eigenvalue weighted by molar-refractivity contribution is 0.209. The summed E-state index contributed by atoms with van der Waals surface area (Å²) in [6.07, 6.45) is 1.23. The van der Waals surface area contributed by atoms with Gasteiger partial charge in [-0.3, -0.25) is 0 Å². The first-order valence-corrected chi connectivity index (χ1v) is 4.97. The van der Waals surface area contributed by atoms with E-state index in [1.165, 1.54) is 6.42 Å². The molecular formula is C9H17N3O. The highest BCUT2D eigenvalue weighted by Gasteiger charge is 2.47. The zero-order valence-electron chi connectivity index (χ0n) is 8.13. The van der Waals surface area contributed by atoms with Crippen molar-refractivity contribution in [3.8, 4) is 0 Å². The molecule has 3 N–H and O–H groups in total. The summed E-state index contributed by atoms with van der Waals surface area (Å²) in [6.45, 7) is 5.00. The minimum absolute atomic E-state index is 0.0293. The number of hydrogen-bond donors (Lipinski definition) is 3. The Bertz CT molecular complexity index is 203. The molecule has 3 atom stereocenters. The summed E-state index contributed by atoms with van der Waals surface area (Å²) in [7, 11) is 0. The molecule has 1 aliphatic carbocycles. The molecule has 4 heteroatoms. The van der Waals surface area contributed by atoms with E-state index in [4.69, 9.17) is 0 Å². The number of amides is 2. The standard InChI is InChI=1S/C9H17N3O/c1-5(2)11-9(13)12-8-6-3-7(8)10-4-6/h5-8,10H,3-4H2,1-2H3,(H2,11,12,13). The van der Waals surface area contributed by atoms with Crippen molar-refractivity contribution in [1.82, 2.24) is 16.0 Å². The Morgan fingerprint density at radius 2 is 2.31 bits per heavy atom. The van der Waals surface area contributed by atoms with E-state index < -0.39 is 0 Å². The van der Waals surface area contributed by atoms with E-state index in [-0.39, 0.29) is 12.1 Å². The third kappa shape index (κ3) is 1.63. The minimum atomic E-state index is -0.0293. The van der Waals surface area contributed by atoms with E-state index in [1.807, 2.05) is 13.8 Å². The van der Waals surface area contributed by atoms with Crippen molar-refractivity contribution in [3.05, 3.63) is 0 Å². The monoisotopic (exact) mass is 183 g/mol. The van der Waals surface area contributed by atoms with Gasteiger partial charge < -0.3 is 16.0 Å². The summed E-state index contributed by atoms with van der Waals surface area (Å²) < 4.78 is 0. The van der Waals surface area contributed by atoms with Crippen molar-refractivity contribution < 1.29 is 4.79 Å². The maximum absolute atomic E-state index is 11.3. The Balaban J connectivity index is 1.76. The van der Waals surface area contributed by atoms with Gasteiger partial charge in [0, 0.05) is 24.7 Å². The number of carbonyl (C=O) groups excluding carboxylic acids is 1. The zero-order valence-corrected chi connectivity index (χ0v) is 8.13. The normalized spacial score (nSPS) is 35.8. The zero-order chi connectivity index (χ0) is 9.42. The van der Waals surface area contributed by atoms with E-state index in [9.17, 15) is 4.79 Å². The van der Waals surface area contributed by atoms with Gasteiger partial charge in [-0.05, 0) is 26.2 Å².